The van der Waals surface area contributed by atoms with Crippen LogP contribution in [0.3, 0.4) is 0 Å². The van der Waals surface area contributed by atoms with Gasteiger partial charge in [-0.15, -0.1) is 0 Å². The van der Waals surface area contributed by atoms with Crippen LogP contribution in [0.2, 0.25) is 0 Å². The van der Waals surface area contributed by atoms with Crippen LogP contribution in [0.1, 0.15) is 50.4 Å². The van der Waals surface area contributed by atoms with Crippen molar-refractivity contribution in [1.29, 1.82) is 0 Å². The summed E-state index contributed by atoms with van der Waals surface area (Å²) in [6.45, 7) is 16.9. The molecule has 12 nitrogen and oxygen atoms in total. The van der Waals surface area contributed by atoms with Crippen molar-refractivity contribution in [3.8, 4) is 0 Å². The third-order valence-electron chi connectivity index (χ3n) is 6.52. The fraction of sp³-hybridized carbons (Fsp3) is 0.794. The Morgan fingerprint density at radius 3 is 1.30 bits per heavy atom. The number of anilines is 1. The summed E-state index contributed by atoms with van der Waals surface area (Å²) in [6, 6.07) is 7.30. The Labute approximate surface area is 276 Å². The first kappa shape index (κ1) is 42.2. The van der Waals surface area contributed by atoms with Crippen LogP contribution < -0.4 is 5.32 Å². The number of hydrogen-bond donors (Lipinski definition) is 1. The van der Waals surface area contributed by atoms with E-state index in [1.165, 1.54) is 0 Å². The first-order valence-corrected chi connectivity index (χ1v) is 16.9. The zero-order valence-electron chi connectivity index (χ0n) is 28.6. The highest BCUT2D eigenvalue weighted by molar-refractivity contribution is 5.89. The van der Waals surface area contributed by atoms with Crippen molar-refractivity contribution in [2.75, 3.05) is 137 Å². The molecular weight excluding hydrogens is 598 g/mol. The van der Waals surface area contributed by atoms with Crippen molar-refractivity contribution in [3.63, 3.8) is 0 Å². The third kappa shape index (κ3) is 27.3. The van der Waals surface area contributed by atoms with Gasteiger partial charge in [0.1, 0.15) is 6.61 Å². The van der Waals surface area contributed by atoms with E-state index in [1.807, 2.05) is 12.1 Å². The maximum absolute atomic E-state index is 12.1. The molecule has 0 radical (unpaired) electrons. The van der Waals surface area contributed by atoms with E-state index in [1.54, 1.807) is 12.1 Å². The van der Waals surface area contributed by atoms with Crippen molar-refractivity contribution >= 4 is 11.7 Å². The number of unbranched alkanes of at least 4 members (excludes halogenated alkanes) is 1. The lowest BCUT2D eigenvalue weighted by Crippen LogP contribution is -2.15. The summed E-state index contributed by atoms with van der Waals surface area (Å²) in [5, 5.41) is 3.32. The largest absolute Gasteiger partial charge is 0.460 e. The number of carbonyl (C=O) groups is 1. The van der Waals surface area contributed by atoms with Crippen molar-refractivity contribution in [2.24, 2.45) is 5.92 Å². The zero-order valence-corrected chi connectivity index (χ0v) is 28.6. The number of rotatable bonds is 35. The average molecular weight is 660 g/mol. The molecule has 1 N–H and O–H groups in total. The van der Waals surface area contributed by atoms with E-state index in [4.69, 9.17) is 47.4 Å². The van der Waals surface area contributed by atoms with Gasteiger partial charge in [-0.1, -0.05) is 33.6 Å². The van der Waals surface area contributed by atoms with Crippen LogP contribution in [0, 0.1) is 5.92 Å². The molecule has 1 unspecified atom stereocenters. The Balaban J connectivity index is 1.72. The number of hydrogen-bond acceptors (Lipinski definition) is 12. The lowest BCUT2D eigenvalue weighted by Gasteiger charge is -2.10. The summed E-state index contributed by atoms with van der Waals surface area (Å²) < 4.78 is 54.6. The van der Waals surface area contributed by atoms with Crippen molar-refractivity contribution < 1.29 is 52.2 Å². The summed E-state index contributed by atoms with van der Waals surface area (Å²) in [5.74, 6) is 0.236. The van der Waals surface area contributed by atoms with Crippen LogP contribution in [0.25, 0.3) is 0 Å². The number of nitrogens with one attached hydrogen (secondary N) is 1. The molecule has 46 heavy (non-hydrogen) atoms. The maximum atomic E-state index is 12.1. The SMILES string of the molecule is CCCCNc1ccc(C(=O)OCCOCCOCCOCCOCCOCCOCCOCCOCCOCC(C)CC)cc1. The van der Waals surface area contributed by atoms with Crippen molar-refractivity contribution in [3.05, 3.63) is 29.8 Å². The van der Waals surface area contributed by atoms with Gasteiger partial charge in [0, 0.05) is 18.8 Å². The summed E-state index contributed by atoms with van der Waals surface area (Å²) in [6.07, 6.45) is 3.38. The predicted molar refractivity (Wildman–Crippen MR) is 177 cm³/mol. The topological polar surface area (TPSA) is 121 Å². The molecule has 0 bridgehead atoms. The second kappa shape index (κ2) is 33.0. The van der Waals surface area contributed by atoms with Gasteiger partial charge in [0.25, 0.3) is 0 Å². The van der Waals surface area contributed by atoms with Crippen LogP contribution in [-0.2, 0) is 47.4 Å². The van der Waals surface area contributed by atoms with Gasteiger partial charge in [0.05, 0.1) is 118 Å². The Morgan fingerprint density at radius 2 is 0.935 bits per heavy atom. The quantitative estimate of drug-likeness (QED) is 0.0829. The highest BCUT2D eigenvalue weighted by Crippen LogP contribution is 2.11. The van der Waals surface area contributed by atoms with Crippen LogP contribution >= 0.6 is 0 Å². The molecule has 0 saturated carbocycles. The van der Waals surface area contributed by atoms with E-state index >= 15 is 0 Å². The Morgan fingerprint density at radius 1 is 0.565 bits per heavy atom. The molecule has 0 aliphatic heterocycles. The molecule has 0 aliphatic carbocycles. The second-order valence-corrected chi connectivity index (χ2v) is 10.5. The van der Waals surface area contributed by atoms with Gasteiger partial charge in [0.2, 0.25) is 0 Å². The van der Waals surface area contributed by atoms with Crippen LogP contribution in [-0.4, -0.2) is 138 Å². The van der Waals surface area contributed by atoms with E-state index in [-0.39, 0.29) is 12.6 Å². The maximum Gasteiger partial charge on any atom is 0.338 e. The van der Waals surface area contributed by atoms with Gasteiger partial charge >= 0.3 is 5.97 Å². The molecule has 0 fully saturated rings. The normalized spacial score (nSPS) is 12.0. The molecule has 1 rings (SSSR count). The first-order chi connectivity index (χ1) is 22.7. The molecule has 0 spiro atoms. The zero-order chi connectivity index (χ0) is 33.2. The van der Waals surface area contributed by atoms with Crippen LogP contribution in [0.5, 0.6) is 0 Å². The molecule has 0 saturated heterocycles. The first-order valence-electron chi connectivity index (χ1n) is 16.9. The molecule has 0 amide bonds. The van der Waals surface area contributed by atoms with E-state index in [9.17, 15) is 4.79 Å². The average Bonchev–Trinajstić information content (AvgIpc) is 3.07. The van der Waals surface area contributed by atoms with Gasteiger partial charge in [-0.2, -0.15) is 0 Å². The summed E-state index contributed by atoms with van der Waals surface area (Å²) in [5.41, 5.74) is 1.52. The molecule has 0 aromatic heterocycles. The Bertz CT molecular complexity index is 785. The number of benzene rings is 1. The molecule has 0 heterocycles. The van der Waals surface area contributed by atoms with E-state index in [0.29, 0.717) is 124 Å². The summed E-state index contributed by atoms with van der Waals surface area (Å²) >= 11 is 0. The van der Waals surface area contributed by atoms with Gasteiger partial charge in [-0.3, -0.25) is 0 Å². The fourth-order valence-corrected chi connectivity index (χ4v) is 3.57. The van der Waals surface area contributed by atoms with Crippen LogP contribution in [0.15, 0.2) is 24.3 Å². The number of ether oxygens (including phenoxy) is 10. The van der Waals surface area contributed by atoms with Crippen LogP contribution in [0.4, 0.5) is 5.69 Å². The molecule has 1 aromatic rings. The number of esters is 1. The Kier molecular flexibility index (Phi) is 30.3. The van der Waals surface area contributed by atoms with Gasteiger partial charge in [0.15, 0.2) is 0 Å². The standard InChI is InChI=1S/C34H61NO11/c1-4-6-11-35-33-9-7-32(8-10-33)34(36)46-29-28-44-25-24-42-21-20-40-17-16-38-13-12-37-14-15-39-18-19-41-22-23-43-26-27-45-30-31(3)5-2/h7-10,31,35H,4-6,11-30H2,1-3H3. The molecule has 0 aliphatic rings. The summed E-state index contributed by atoms with van der Waals surface area (Å²) in [7, 11) is 0. The lowest BCUT2D eigenvalue weighted by molar-refractivity contribution is -0.0263. The minimum atomic E-state index is -0.358. The van der Waals surface area contributed by atoms with Gasteiger partial charge in [-0.25, -0.2) is 4.79 Å². The minimum Gasteiger partial charge on any atom is -0.460 e. The molecule has 268 valence electrons. The van der Waals surface area contributed by atoms with Gasteiger partial charge in [-0.05, 0) is 36.6 Å². The highest BCUT2D eigenvalue weighted by atomic mass is 16.6. The van der Waals surface area contributed by atoms with Crippen molar-refractivity contribution in [2.45, 2.75) is 40.0 Å². The fourth-order valence-electron chi connectivity index (χ4n) is 3.57. The lowest BCUT2D eigenvalue weighted by atomic mass is 10.1. The molecule has 1 aromatic carbocycles. The smallest absolute Gasteiger partial charge is 0.338 e. The molecule has 1 atom stereocenters. The highest BCUT2D eigenvalue weighted by Gasteiger charge is 2.07. The van der Waals surface area contributed by atoms with Gasteiger partial charge < -0.3 is 52.7 Å². The predicted octanol–water partition coefficient (Wildman–Crippen LogP) is 4.25. The minimum absolute atomic E-state index is 0.194. The van der Waals surface area contributed by atoms with E-state index in [2.05, 4.69) is 26.1 Å². The number of carbonyl (C=O) groups excluding carboxylic acids is 1. The molecule has 12 heteroatoms. The second-order valence-electron chi connectivity index (χ2n) is 10.5. The van der Waals surface area contributed by atoms with E-state index < -0.39 is 0 Å². The monoisotopic (exact) mass is 659 g/mol. The van der Waals surface area contributed by atoms with E-state index in [0.717, 1.165) is 38.1 Å². The Hall–Kier alpha value is -1.87. The molecular formula is C34H61NO11. The summed E-state index contributed by atoms with van der Waals surface area (Å²) in [4.78, 5) is 12.1. The van der Waals surface area contributed by atoms with Crippen molar-refractivity contribution in [1.82, 2.24) is 0 Å². The third-order valence-corrected chi connectivity index (χ3v) is 6.52.